The highest BCUT2D eigenvalue weighted by molar-refractivity contribution is 5.87. The molecule has 0 amide bonds. The number of benzene rings is 1. The molecule has 0 bridgehead atoms. The average Bonchev–Trinajstić information content (AvgIpc) is 3.23. The summed E-state index contributed by atoms with van der Waals surface area (Å²) < 4.78 is 1.92. The zero-order valence-electron chi connectivity index (χ0n) is 14.1. The molecule has 1 atom stereocenters. The number of carboxylic acid groups (broad SMARTS) is 1. The van der Waals surface area contributed by atoms with Gasteiger partial charge in [0.2, 0.25) is 0 Å². The van der Waals surface area contributed by atoms with E-state index in [-0.39, 0.29) is 5.54 Å². The van der Waals surface area contributed by atoms with Crippen LogP contribution in [0.15, 0.2) is 48.8 Å². The molecular formula is C19H20N4O2. The number of nitrogens with zero attached hydrogens (tertiary/aromatic N) is 4. The highest BCUT2D eigenvalue weighted by atomic mass is 16.4. The molecule has 2 aromatic heterocycles. The smallest absolute Gasteiger partial charge is 0.335 e. The average molecular weight is 336 g/mol. The van der Waals surface area contributed by atoms with Gasteiger partial charge in [0, 0.05) is 18.8 Å². The highest BCUT2D eigenvalue weighted by Crippen LogP contribution is 2.39. The highest BCUT2D eigenvalue weighted by Gasteiger charge is 2.40. The van der Waals surface area contributed by atoms with Crippen LogP contribution >= 0.6 is 0 Å². The van der Waals surface area contributed by atoms with Gasteiger partial charge in [0.1, 0.15) is 0 Å². The van der Waals surface area contributed by atoms with Crippen molar-refractivity contribution in [3.63, 3.8) is 0 Å². The Balaban J connectivity index is 1.65. The van der Waals surface area contributed by atoms with Crippen molar-refractivity contribution in [3.05, 3.63) is 65.6 Å². The zero-order chi connectivity index (χ0) is 17.4. The molecule has 1 saturated heterocycles. The van der Waals surface area contributed by atoms with E-state index in [2.05, 4.69) is 21.9 Å². The van der Waals surface area contributed by atoms with E-state index in [4.69, 9.17) is 5.11 Å². The second kappa shape index (κ2) is 5.97. The topological polar surface area (TPSA) is 70.7 Å². The van der Waals surface area contributed by atoms with Crippen LogP contribution in [-0.4, -0.2) is 37.1 Å². The van der Waals surface area contributed by atoms with Crippen molar-refractivity contribution >= 4 is 11.6 Å². The summed E-state index contributed by atoms with van der Waals surface area (Å²) in [7, 11) is 0. The fraction of sp³-hybridized carbons (Fsp3) is 0.316. The Bertz CT molecular complexity index is 919. The van der Waals surface area contributed by atoms with Gasteiger partial charge in [-0.25, -0.2) is 14.3 Å². The quantitative estimate of drug-likeness (QED) is 0.793. The minimum Gasteiger partial charge on any atom is -0.478 e. The van der Waals surface area contributed by atoms with Crippen LogP contribution in [0.25, 0.3) is 5.65 Å². The summed E-state index contributed by atoms with van der Waals surface area (Å²) in [6, 6.07) is 11.1. The van der Waals surface area contributed by atoms with Crippen molar-refractivity contribution in [1.82, 2.24) is 19.5 Å². The standard InChI is InChI=1S/C19H20N4O2/c1-19(16-7-10-20-17-8-11-21-23(16)17)9-2-12-22(19)13-14-3-5-15(6-4-14)18(24)25/h3-8,10-11H,2,9,12-13H2,1H3,(H,24,25)/t19-/m1/s1. The lowest BCUT2D eigenvalue weighted by atomic mass is 9.93. The van der Waals surface area contributed by atoms with E-state index in [1.807, 2.05) is 35.0 Å². The molecule has 3 heterocycles. The van der Waals surface area contributed by atoms with Crippen molar-refractivity contribution in [2.75, 3.05) is 6.54 Å². The minimum absolute atomic E-state index is 0.126. The Hall–Kier alpha value is -2.73. The summed E-state index contributed by atoms with van der Waals surface area (Å²) in [4.78, 5) is 17.8. The summed E-state index contributed by atoms with van der Waals surface area (Å²) >= 11 is 0. The van der Waals surface area contributed by atoms with Gasteiger partial charge in [-0.3, -0.25) is 4.90 Å². The molecule has 1 fully saturated rings. The van der Waals surface area contributed by atoms with Crippen LogP contribution in [0.2, 0.25) is 0 Å². The maximum Gasteiger partial charge on any atom is 0.335 e. The second-order valence-corrected chi connectivity index (χ2v) is 6.73. The van der Waals surface area contributed by atoms with Crippen molar-refractivity contribution < 1.29 is 9.90 Å². The zero-order valence-corrected chi connectivity index (χ0v) is 14.1. The van der Waals surface area contributed by atoms with E-state index in [0.29, 0.717) is 5.56 Å². The molecule has 0 aliphatic carbocycles. The number of fused-ring (bicyclic) bond motifs is 1. The molecule has 6 heteroatoms. The third kappa shape index (κ3) is 2.68. The molecule has 4 rings (SSSR count). The van der Waals surface area contributed by atoms with E-state index < -0.39 is 5.97 Å². The van der Waals surface area contributed by atoms with Crippen LogP contribution in [0.4, 0.5) is 0 Å². The predicted octanol–water partition coefficient (Wildman–Crippen LogP) is 2.94. The van der Waals surface area contributed by atoms with Crippen LogP contribution in [0.3, 0.4) is 0 Å². The summed E-state index contributed by atoms with van der Waals surface area (Å²) in [5.41, 5.74) is 3.31. The van der Waals surface area contributed by atoms with Gasteiger partial charge in [0.15, 0.2) is 5.65 Å². The predicted molar refractivity (Wildman–Crippen MR) is 93.4 cm³/mol. The molecule has 0 unspecified atom stereocenters. The van der Waals surface area contributed by atoms with Gasteiger partial charge in [-0.05, 0) is 50.1 Å². The van der Waals surface area contributed by atoms with Crippen molar-refractivity contribution in [3.8, 4) is 0 Å². The van der Waals surface area contributed by atoms with Crippen LogP contribution in [0.5, 0.6) is 0 Å². The summed E-state index contributed by atoms with van der Waals surface area (Å²) in [6.45, 7) is 4.03. The van der Waals surface area contributed by atoms with E-state index in [9.17, 15) is 4.79 Å². The first-order chi connectivity index (χ1) is 12.1. The maximum atomic E-state index is 11.0. The van der Waals surface area contributed by atoms with Gasteiger partial charge in [-0.15, -0.1) is 0 Å². The second-order valence-electron chi connectivity index (χ2n) is 6.73. The van der Waals surface area contributed by atoms with Gasteiger partial charge in [-0.1, -0.05) is 12.1 Å². The lowest BCUT2D eigenvalue weighted by Crippen LogP contribution is -2.39. The van der Waals surface area contributed by atoms with Gasteiger partial charge in [0.05, 0.1) is 23.0 Å². The fourth-order valence-corrected chi connectivity index (χ4v) is 3.78. The third-order valence-corrected chi connectivity index (χ3v) is 5.21. The molecule has 1 aliphatic heterocycles. The van der Waals surface area contributed by atoms with E-state index in [0.717, 1.165) is 42.8 Å². The number of hydrogen-bond acceptors (Lipinski definition) is 4. The number of likely N-dealkylation sites (tertiary alicyclic amines) is 1. The molecule has 1 N–H and O–H groups in total. The first-order valence-corrected chi connectivity index (χ1v) is 8.44. The SMILES string of the molecule is C[C@]1(c2ccnc3ccnn23)CCCN1Cc1ccc(C(=O)O)cc1. The number of hydrogen-bond donors (Lipinski definition) is 1. The first kappa shape index (κ1) is 15.8. The molecule has 1 aromatic carbocycles. The molecule has 0 radical (unpaired) electrons. The van der Waals surface area contributed by atoms with Crippen LogP contribution in [0.1, 0.15) is 41.4 Å². The van der Waals surface area contributed by atoms with Crippen molar-refractivity contribution in [2.45, 2.75) is 31.8 Å². The molecule has 0 spiro atoms. The molecule has 6 nitrogen and oxygen atoms in total. The summed E-state index contributed by atoms with van der Waals surface area (Å²) in [5.74, 6) is -0.893. The number of carbonyl (C=O) groups is 1. The van der Waals surface area contributed by atoms with E-state index in [1.165, 1.54) is 0 Å². The summed E-state index contributed by atoms with van der Waals surface area (Å²) in [5, 5.41) is 13.5. The lowest BCUT2D eigenvalue weighted by Gasteiger charge is -2.35. The van der Waals surface area contributed by atoms with Gasteiger partial charge in [-0.2, -0.15) is 5.10 Å². The Morgan fingerprint density at radius 3 is 2.76 bits per heavy atom. The molecule has 0 saturated carbocycles. The van der Waals surface area contributed by atoms with Gasteiger partial charge in [0.25, 0.3) is 0 Å². The minimum atomic E-state index is -0.893. The Morgan fingerprint density at radius 1 is 1.20 bits per heavy atom. The van der Waals surface area contributed by atoms with Crippen molar-refractivity contribution in [2.24, 2.45) is 0 Å². The Kier molecular flexibility index (Phi) is 3.77. The van der Waals surface area contributed by atoms with E-state index >= 15 is 0 Å². The largest absolute Gasteiger partial charge is 0.478 e. The maximum absolute atomic E-state index is 11.0. The molecular weight excluding hydrogens is 316 g/mol. The third-order valence-electron chi connectivity index (χ3n) is 5.21. The molecule has 128 valence electrons. The number of aromatic carboxylic acids is 1. The molecule has 3 aromatic rings. The summed E-state index contributed by atoms with van der Waals surface area (Å²) in [6.07, 6.45) is 5.79. The fourth-order valence-electron chi connectivity index (χ4n) is 3.78. The first-order valence-electron chi connectivity index (χ1n) is 8.44. The van der Waals surface area contributed by atoms with Crippen LogP contribution in [-0.2, 0) is 12.1 Å². The van der Waals surface area contributed by atoms with Crippen LogP contribution < -0.4 is 0 Å². The van der Waals surface area contributed by atoms with Gasteiger partial charge >= 0.3 is 5.97 Å². The number of rotatable bonds is 4. The number of aromatic nitrogens is 3. The molecule has 25 heavy (non-hydrogen) atoms. The normalized spacial score (nSPS) is 21.0. The lowest BCUT2D eigenvalue weighted by molar-refractivity contribution is 0.0697. The van der Waals surface area contributed by atoms with Gasteiger partial charge < -0.3 is 5.11 Å². The van der Waals surface area contributed by atoms with Crippen molar-refractivity contribution in [1.29, 1.82) is 0 Å². The van der Waals surface area contributed by atoms with E-state index in [1.54, 1.807) is 18.3 Å². The Labute approximate surface area is 145 Å². The Morgan fingerprint density at radius 2 is 2.00 bits per heavy atom. The van der Waals surface area contributed by atoms with Crippen LogP contribution in [0, 0.1) is 0 Å². The number of carboxylic acids is 1. The molecule has 1 aliphatic rings. The monoisotopic (exact) mass is 336 g/mol.